The van der Waals surface area contributed by atoms with E-state index in [9.17, 15) is 5.26 Å². The number of benzene rings is 6. The van der Waals surface area contributed by atoms with Crippen molar-refractivity contribution in [3.05, 3.63) is 167 Å². The van der Waals surface area contributed by atoms with Crippen molar-refractivity contribution in [2.24, 2.45) is 0 Å². The average molecular weight is 637 g/mol. The van der Waals surface area contributed by atoms with Gasteiger partial charge in [-0.25, -0.2) is 0 Å². The molecule has 6 heteroatoms. The Kier molecular flexibility index (Phi) is 6.73. The first-order valence-corrected chi connectivity index (χ1v) is 16.6. The summed E-state index contributed by atoms with van der Waals surface area (Å²) in [5.74, 6) is 1.93. The number of furan rings is 1. The van der Waals surface area contributed by atoms with Crippen molar-refractivity contribution >= 4 is 64.1 Å². The van der Waals surface area contributed by atoms with E-state index in [0.717, 1.165) is 72.0 Å². The second kappa shape index (κ2) is 11.4. The monoisotopic (exact) mass is 636 g/mol. The summed E-state index contributed by atoms with van der Waals surface area (Å²) in [6.45, 7) is 0. The summed E-state index contributed by atoms with van der Waals surface area (Å²) in [6.07, 6.45) is -0.338. The van der Waals surface area contributed by atoms with Gasteiger partial charge in [-0.05, 0) is 52.8 Å². The molecule has 2 N–H and O–H groups in total. The Balaban J connectivity index is 1.30. The molecule has 9 rings (SSSR count). The summed E-state index contributed by atoms with van der Waals surface area (Å²) < 4.78 is 8.74. The summed E-state index contributed by atoms with van der Waals surface area (Å²) >= 11 is 0. The van der Waals surface area contributed by atoms with Crippen LogP contribution in [0.15, 0.2) is 150 Å². The molecule has 3 heterocycles. The van der Waals surface area contributed by atoms with E-state index in [1.54, 1.807) is 0 Å². The van der Waals surface area contributed by atoms with Gasteiger partial charge in [0.25, 0.3) is 0 Å². The molecule has 0 bridgehead atoms. The van der Waals surface area contributed by atoms with Crippen molar-refractivity contribution in [3.63, 3.8) is 0 Å². The zero-order chi connectivity index (χ0) is 32.2. The zero-order valence-electron chi connectivity index (χ0n) is 25.8. The summed E-state index contributed by atoms with van der Waals surface area (Å²) in [5, 5.41) is 22.7. The van der Waals surface area contributed by atoms with E-state index in [1.165, 1.54) is 5.39 Å². The van der Waals surface area contributed by atoms with Gasteiger partial charge in [-0.15, -0.1) is 8.86 Å². The number of nitrogens with one attached hydrogen (secondary N) is 2. The lowest BCUT2D eigenvalue weighted by atomic mass is 9.91. The topological polar surface area (TPSA) is 65.9 Å². The highest BCUT2D eigenvalue weighted by molar-refractivity contribution is 7.19. The van der Waals surface area contributed by atoms with Crippen LogP contribution in [0.5, 0.6) is 0 Å². The molecule has 2 atom stereocenters. The number of aromatic nitrogens is 1. The van der Waals surface area contributed by atoms with Crippen molar-refractivity contribution in [1.82, 2.24) is 15.2 Å². The first kappa shape index (κ1) is 28.3. The van der Waals surface area contributed by atoms with E-state index in [2.05, 4.69) is 121 Å². The van der Waals surface area contributed by atoms with Crippen LogP contribution < -0.4 is 10.6 Å². The Bertz CT molecular complexity index is 2610. The molecule has 0 aliphatic carbocycles. The molecule has 0 saturated carbocycles. The molecular formula is C42H29N4OP. The van der Waals surface area contributed by atoms with Crippen LogP contribution in [0.1, 0.15) is 34.5 Å². The van der Waals surface area contributed by atoms with Crippen LogP contribution in [-0.4, -0.2) is 10.4 Å². The fourth-order valence-electron chi connectivity index (χ4n) is 7.24. The van der Waals surface area contributed by atoms with E-state index in [4.69, 9.17) is 4.42 Å². The minimum absolute atomic E-state index is 0.324. The highest BCUT2D eigenvalue weighted by atomic mass is 31.0. The average Bonchev–Trinajstić information content (AvgIpc) is 3.68. The predicted molar refractivity (Wildman–Crippen MR) is 199 cm³/mol. The lowest BCUT2D eigenvalue weighted by Gasteiger charge is -2.36. The molecule has 1 aliphatic rings. The van der Waals surface area contributed by atoms with E-state index in [-0.39, 0.29) is 12.2 Å². The molecule has 0 saturated heterocycles. The maximum absolute atomic E-state index is 10.6. The molecule has 0 radical (unpaired) electrons. The van der Waals surface area contributed by atoms with Crippen molar-refractivity contribution in [2.75, 3.05) is 0 Å². The van der Waals surface area contributed by atoms with Crippen LogP contribution in [0.2, 0.25) is 0 Å². The Morgan fingerprint density at radius 3 is 2.21 bits per heavy atom. The molecule has 0 fully saturated rings. The SMILES string of the molecule is N#CC1=C(c2ccccc2)NC(c2cc(C=P)ccc2-n2c3ccccc3c3cc4c(cc32)oc2ccccc24)NC1c1ccccc1. The molecule has 48 heavy (non-hydrogen) atoms. The first-order chi connectivity index (χ1) is 23.7. The number of nitrogens with zero attached hydrogens (tertiary/aromatic N) is 2. The van der Waals surface area contributed by atoms with Crippen LogP contribution in [0.3, 0.4) is 0 Å². The lowest BCUT2D eigenvalue weighted by molar-refractivity contribution is 0.432. The number of nitriles is 1. The van der Waals surface area contributed by atoms with Gasteiger partial charge in [0.1, 0.15) is 17.3 Å². The van der Waals surface area contributed by atoms with E-state index >= 15 is 0 Å². The molecule has 228 valence electrons. The van der Waals surface area contributed by atoms with Gasteiger partial charge >= 0.3 is 0 Å². The standard InChI is InChI=1S/C42H29N4OP/c43-24-34-40(27-11-3-1-4-12-27)44-42(45-41(34)28-13-5-2-6-14-28)33-21-26(25-48)19-20-36(33)46-35-17-9-7-15-29(35)31-22-32-30-16-8-10-18-38(30)47-39(32)23-37(31)46/h1-23,25,40,42,44-45,48H. The quantitative estimate of drug-likeness (QED) is 0.185. The molecule has 0 spiro atoms. The smallest absolute Gasteiger partial charge is 0.137 e. The van der Waals surface area contributed by atoms with Gasteiger partial charge in [0.2, 0.25) is 0 Å². The number of para-hydroxylation sites is 2. The van der Waals surface area contributed by atoms with Gasteiger partial charge in [0.05, 0.1) is 40.1 Å². The molecule has 5 nitrogen and oxygen atoms in total. The third kappa shape index (κ3) is 4.47. The zero-order valence-corrected chi connectivity index (χ0v) is 26.8. The highest BCUT2D eigenvalue weighted by Crippen LogP contribution is 2.41. The van der Waals surface area contributed by atoms with E-state index < -0.39 is 0 Å². The molecule has 6 aromatic carbocycles. The molecular weight excluding hydrogens is 607 g/mol. The van der Waals surface area contributed by atoms with Crippen LogP contribution in [-0.2, 0) is 0 Å². The third-order valence-corrected chi connectivity index (χ3v) is 9.77. The van der Waals surface area contributed by atoms with E-state index in [1.807, 2.05) is 54.3 Å². The highest BCUT2D eigenvalue weighted by Gasteiger charge is 2.33. The number of rotatable bonds is 5. The fraction of sp³-hybridized carbons (Fsp3) is 0.0476. The van der Waals surface area contributed by atoms with Gasteiger partial charge in [0, 0.05) is 33.2 Å². The number of fused-ring (bicyclic) bond motifs is 6. The molecule has 0 amide bonds. The fourth-order valence-corrected chi connectivity index (χ4v) is 7.42. The van der Waals surface area contributed by atoms with Crippen molar-refractivity contribution in [3.8, 4) is 11.8 Å². The van der Waals surface area contributed by atoms with Gasteiger partial charge in [-0.2, -0.15) is 5.26 Å². The Hall–Kier alpha value is -5.92. The summed E-state index contributed by atoms with van der Waals surface area (Å²) in [7, 11) is 3.65. The molecule has 2 unspecified atom stereocenters. The van der Waals surface area contributed by atoms with Crippen LogP contribution in [0.4, 0.5) is 0 Å². The molecule has 2 aromatic heterocycles. The second-order valence-electron chi connectivity index (χ2n) is 12.1. The maximum Gasteiger partial charge on any atom is 0.137 e. The van der Waals surface area contributed by atoms with Crippen molar-refractivity contribution < 1.29 is 4.42 Å². The molecule has 8 aromatic rings. The predicted octanol–water partition coefficient (Wildman–Crippen LogP) is 9.84. The summed E-state index contributed by atoms with van der Waals surface area (Å²) in [6, 6.07) is 50.3. The lowest BCUT2D eigenvalue weighted by Crippen LogP contribution is -2.42. The van der Waals surface area contributed by atoms with Gasteiger partial charge < -0.3 is 14.3 Å². The minimum atomic E-state index is -0.338. The van der Waals surface area contributed by atoms with Crippen LogP contribution in [0.25, 0.3) is 55.1 Å². The van der Waals surface area contributed by atoms with Gasteiger partial charge in [-0.3, -0.25) is 5.32 Å². The maximum atomic E-state index is 10.6. The van der Waals surface area contributed by atoms with Crippen LogP contribution in [0, 0.1) is 11.3 Å². The summed E-state index contributed by atoms with van der Waals surface area (Å²) in [5.41, 5.74) is 10.5. The number of hydrogen-bond donors (Lipinski definition) is 2. The Morgan fingerprint density at radius 2 is 1.42 bits per heavy atom. The Labute approximate surface area is 279 Å². The first-order valence-electron chi connectivity index (χ1n) is 16.0. The Morgan fingerprint density at radius 1 is 0.688 bits per heavy atom. The number of hydrogen-bond acceptors (Lipinski definition) is 4. The van der Waals surface area contributed by atoms with Crippen LogP contribution >= 0.6 is 8.86 Å². The summed E-state index contributed by atoms with van der Waals surface area (Å²) in [4.78, 5) is 0. The van der Waals surface area contributed by atoms with E-state index in [0.29, 0.717) is 5.57 Å². The van der Waals surface area contributed by atoms with Crippen molar-refractivity contribution in [1.29, 1.82) is 5.26 Å². The minimum Gasteiger partial charge on any atom is -0.456 e. The van der Waals surface area contributed by atoms with Gasteiger partial charge in [0.15, 0.2) is 0 Å². The normalized spacial score (nSPS) is 16.4. The largest absolute Gasteiger partial charge is 0.456 e. The third-order valence-electron chi connectivity index (χ3n) is 9.44. The molecule has 1 aliphatic heterocycles. The second-order valence-corrected chi connectivity index (χ2v) is 12.4. The van der Waals surface area contributed by atoms with Crippen molar-refractivity contribution in [2.45, 2.75) is 12.2 Å². The van der Waals surface area contributed by atoms with Gasteiger partial charge in [-0.1, -0.05) is 103 Å².